The van der Waals surface area contributed by atoms with Crippen LogP contribution in [0.25, 0.3) is 6.08 Å². The van der Waals surface area contributed by atoms with Gasteiger partial charge in [-0.3, -0.25) is 0 Å². The van der Waals surface area contributed by atoms with Gasteiger partial charge in [-0.2, -0.15) is 13.2 Å². The Hall–Kier alpha value is -2.18. The molecule has 1 aromatic rings. The highest BCUT2D eigenvalue weighted by molar-refractivity contribution is 5.67. The van der Waals surface area contributed by atoms with Crippen molar-refractivity contribution >= 4 is 12.2 Å². The summed E-state index contributed by atoms with van der Waals surface area (Å²) in [7, 11) is 1.20. The van der Waals surface area contributed by atoms with Crippen LogP contribution < -0.4 is 10.1 Å². The Morgan fingerprint density at radius 1 is 1.25 bits per heavy atom. The number of hydrogen-bond acceptors (Lipinski definition) is 3. The van der Waals surface area contributed by atoms with Crippen LogP contribution in [-0.2, 0) is 10.9 Å². The van der Waals surface area contributed by atoms with Crippen LogP contribution in [0.2, 0.25) is 0 Å². The molecule has 1 N–H and O–H groups in total. The molecule has 1 amide bonds. The first-order chi connectivity index (χ1) is 11.0. The van der Waals surface area contributed by atoms with Crippen molar-refractivity contribution in [1.29, 1.82) is 0 Å². The number of rotatable bonds is 5. The molecule has 0 fully saturated rings. The van der Waals surface area contributed by atoms with Crippen LogP contribution in [0.3, 0.4) is 0 Å². The minimum absolute atomic E-state index is 0.216. The third kappa shape index (κ3) is 6.93. The van der Waals surface area contributed by atoms with Gasteiger partial charge in [0.15, 0.2) is 0 Å². The number of methoxy groups -OCH3 is 1. The van der Waals surface area contributed by atoms with Gasteiger partial charge in [-0.15, -0.1) is 0 Å². The van der Waals surface area contributed by atoms with Crippen LogP contribution in [0.15, 0.2) is 24.3 Å². The van der Waals surface area contributed by atoms with Crippen molar-refractivity contribution in [2.45, 2.75) is 39.0 Å². The van der Waals surface area contributed by atoms with Gasteiger partial charge in [0.25, 0.3) is 0 Å². The molecule has 7 heteroatoms. The lowest BCUT2D eigenvalue weighted by Crippen LogP contribution is -2.32. The van der Waals surface area contributed by atoms with Crippen LogP contribution in [0.1, 0.15) is 38.3 Å². The minimum atomic E-state index is -4.48. The number of halogens is 3. The smallest absolute Gasteiger partial charge is 0.419 e. The fourth-order valence-corrected chi connectivity index (χ4v) is 1.84. The maximum Gasteiger partial charge on any atom is 0.419 e. The molecule has 1 rings (SSSR count). The third-order valence-corrected chi connectivity index (χ3v) is 2.82. The molecule has 4 nitrogen and oxygen atoms in total. The van der Waals surface area contributed by atoms with E-state index in [-0.39, 0.29) is 5.75 Å². The van der Waals surface area contributed by atoms with E-state index < -0.39 is 23.4 Å². The van der Waals surface area contributed by atoms with E-state index in [1.807, 2.05) is 0 Å². The summed E-state index contributed by atoms with van der Waals surface area (Å²) in [4.78, 5) is 11.4. The molecule has 0 unspecified atom stereocenters. The molecule has 0 aliphatic carbocycles. The first-order valence-electron chi connectivity index (χ1n) is 7.41. The molecule has 0 saturated heterocycles. The van der Waals surface area contributed by atoms with Crippen LogP contribution in [-0.4, -0.2) is 25.3 Å². The van der Waals surface area contributed by atoms with Crippen molar-refractivity contribution in [2.24, 2.45) is 0 Å². The number of benzene rings is 1. The lowest BCUT2D eigenvalue weighted by atomic mass is 10.1. The normalized spacial score (nSPS) is 12.3. The summed E-state index contributed by atoms with van der Waals surface area (Å²) in [6.07, 6.45) is -1.30. The summed E-state index contributed by atoms with van der Waals surface area (Å²) < 4.78 is 48.5. The van der Waals surface area contributed by atoms with Gasteiger partial charge in [-0.05, 0) is 44.9 Å². The number of ether oxygens (including phenoxy) is 2. The number of nitrogens with one attached hydrogen (secondary N) is 1. The minimum Gasteiger partial charge on any atom is -0.496 e. The summed E-state index contributed by atoms with van der Waals surface area (Å²) in [6.45, 7) is 5.60. The van der Waals surface area contributed by atoms with E-state index >= 15 is 0 Å². The Morgan fingerprint density at radius 2 is 1.92 bits per heavy atom. The number of carbonyl (C=O) groups is 1. The fourth-order valence-electron chi connectivity index (χ4n) is 1.84. The lowest BCUT2D eigenvalue weighted by Gasteiger charge is -2.19. The van der Waals surface area contributed by atoms with Gasteiger partial charge in [0.2, 0.25) is 0 Å². The predicted octanol–water partition coefficient (Wildman–Crippen LogP) is 4.64. The number of hydrogen-bond donors (Lipinski definition) is 1. The Balaban J connectivity index is 2.58. The third-order valence-electron chi connectivity index (χ3n) is 2.82. The van der Waals surface area contributed by atoms with E-state index in [1.165, 1.54) is 19.2 Å². The van der Waals surface area contributed by atoms with Crippen molar-refractivity contribution < 1.29 is 27.4 Å². The highest BCUT2D eigenvalue weighted by atomic mass is 19.4. The molecule has 134 valence electrons. The highest BCUT2D eigenvalue weighted by Gasteiger charge is 2.34. The molecular formula is C17H22F3NO3. The van der Waals surface area contributed by atoms with Crippen LogP contribution in [0.5, 0.6) is 5.75 Å². The largest absolute Gasteiger partial charge is 0.496 e. The molecule has 0 saturated carbocycles. The van der Waals surface area contributed by atoms with Crippen molar-refractivity contribution in [3.63, 3.8) is 0 Å². The molecule has 1 aromatic carbocycles. The molecular weight excluding hydrogens is 323 g/mol. The quantitative estimate of drug-likeness (QED) is 0.791. The zero-order chi connectivity index (χ0) is 18.4. The molecule has 0 heterocycles. The van der Waals surface area contributed by atoms with Gasteiger partial charge in [0.05, 0.1) is 12.7 Å². The number of carbonyl (C=O) groups excluding carboxylic acids is 1. The molecule has 0 aromatic heterocycles. The molecule has 0 aliphatic heterocycles. The Kier molecular flexibility index (Phi) is 6.69. The molecule has 24 heavy (non-hydrogen) atoms. The first kappa shape index (κ1) is 19.9. The van der Waals surface area contributed by atoms with E-state index in [9.17, 15) is 18.0 Å². The second kappa shape index (κ2) is 8.08. The summed E-state index contributed by atoms with van der Waals surface area (Å²) in [5.74, 6) is -0.216. The van der Waals surface area contributed by atoms with Crippen molar-refractivity contribution in [3.8, 4) is 5.75 Å². The summed E-state index contributed by atoms with van der Waals surface area (Å²) >= 11 is 0. The Morgan fingerprint density at radius 3 is 2.46 bits per heavy atom. The maximum absolute atomic E-state index is 12.9. The molecule has 0 bridgehead atoms. The summed E-state index contributed by atoms with van der Waals surface area (Å²) in [5.41, 5.74) is -0.990. The Labute approximate surface area is 139 Å². The van der Waals surface area contributed by atoms with Gasteiger partial charge < -0.3 is 14.8 Å². The van der Waals surface area contributed by atoms with Gasteiger partial charge >= 0.3 is 12.3 Å². The van der Waals surface area contributed by atoms with Crippen LogP contribution >= 0.6 is 0 Å². The zero-order valence-electron chi connectivity index (χ0n) is 14.2. The second-order valence-electron chi connectivity index (χ2n) is 6.08. The average molecular weight is 345 g/mol. The van der Waals surface area contributed by atoms with E-state index in [4.69, 9.17) is 9.47 Å². The van der Waals surface area contributed by atoms with Crippen molar-refractivity contribution in [1.82, 2.24) is 5.32 Å². The van der Waals surface area contributed by atoms with Gasteiger partial charge in [0, 0.05) is 6.54 Å². The van der Waals surface area contributed by atoms with E-state index in [0.717, 1.165) is 6.07 Å². The van der Waals surface area contributed by atoms with Crippen LogP contribution in [0.4, 0.5) is 18.0 Å². The second-order valence-corrected chi connectivity index (χ2v) is 6.08. The summed E-state index contributed by atoms with van der Waals surface area (Å²) in [6, 6.07) is 3.84. The number of alkyl halides is 3. The van der Waals surface area contributed by atoms with E-state index in [0.29, 0.717) is 18.5 Å². The van der Waals surface area contributed by atoms with Gasteiger partial charge in [-0.1, -0.05) is 18.2 Å². The average Bonchev–Trinajstić information content (AvgIpc) is 2.44. The lowest BCUT2D eigenvalue weighted by molar-refractivity contribution is -0.138. The van der Waals surface area contributed by atoms with E-state index in [2.05, 4.69) is 5.32 Å². The predicted molar refractivity (Wildman–Crippen MR) is 85.9 cm³/mol. The molecule has 0 aliphatic rings. The maximum atomic E-state index is 12.9. The van der Waals surface area contributed by atoms with Crippen LogP contribution in [0, 0.1) is 0 Å². The fraction of sp³-hybridized carbons (Fsp3) is 0.471. The van der Waals surface area contributed by atoms with E-state index in [1.54, 1.807) is 32.9 Å². The number of amides is 1. The SMILES string of the molecule is COc1ccc(C=CCCNC(=O)OC(C)(C)C)cc1C(F)(F)F. The monoisotopic (exact) mass is 345 g/mol. The molecule has 0 radical (unpaired) electrons. The highest BCUT2D eigenvalue weighted by Crippen LogP contribution is 2.36. The van der Waals surface area contributed by atoms with Crippen molar-refractivity contribution in [2.75, 3.05) is 13.7 Å². The summed E-state index contributed by atoms with van der Waals surface area (Å²) in [5, 5.41) is 2.57. The van der Waals surface area contributed by atoms with Gasteiger partial charge in [-0.25, -0.2) is 4.79 Å². The first-order valence-corrected chi connectivity index (χ1v) is 7.41. The Bertz CT molecular complexity index is 590. The molecule has 0 atom stereocenters. The zero-order valence-corrected chi connectivity index (χ0v) is 14.2. The van der Waals surface area contributed by atoms with Gasteiger partial charge in [0.1, 0.15) is 11.4 Å². The number of alkyl carbamates (subject to hydrolysis) is 1. The van der Waals surface area contributed by atoms with Crippen molar-refractivity contribution in [3.05, 3.63) is 35.4 Å². The topological polar surface area (TPSA) is 47.6 Å². The molecule has 0 spiro atoms. The standard InChI is InChI=1S/C17H22F3NO3/c1-16(2,3)24-15(22)21-10-6-5-7-12-8-9-14(23-4)13(11-12)17(18,19)20/h5,7-9,11H,6,10H2,1-4H3,(H,21,22).